The van der Waals surface area contributed by atoms with Crippen LogP contribution in [0.3, 0.4) is 0 Å². The summed E-state index contributed by atoms with van der Waals surface area (Å²) in [5.41, 5.74) is 2.17. The first kappa shape index (κ1) is 21.5. The topological polar surface area (TPSA) is 67.4 Å². The van der Waals surface area contributed by atoms with Gasteiger partial charge in [0.05, 0.1) is 7.11 Å². The molecule has 0 saturated heterocycles. The van der Waals surface area contributed by atoms with Crippen LogP contribution in [0.25, 0.3) is 0 Å². The predicted octanol–water partition coefficient (Wildman–Crippen LogP) is 4.20. The summed E-state index contributed by atoms with van der Waals surface area (Å²) in [6.45, 7) is 0.384. The van der Waals surface area contributed by atoms with Gasteiger partial charge in [-0.05, 0) is 53.8 Å². The monoisotopic (exact) mass is 420 g/mol. The molecule has 0 aliphatic rings. The summed E-state index contributed by atoms with van der Waals surface area (Å²) in [7, 11) is 1.57. The highest BCUT2D eigenvalue weighted by molar-refractivity contribution is 7.98. The second-order valence-electron chi connectivity index (χ2n) is 6.61. The number of methoxy groups -OCH3 is 1. The van der Waals surface area contributed by atoms with Gasteiger partial charge in [0.2, 0.25) is 5.91 Å². The van der Waals surface area contributed by atoms with Gasteiger partial charge in [-0.2, -0.15) is 0 Å². The van der Waals surface area contributed by atoms with Crippen LogP contribution in [0.15, 0.2) is 83.8 Å². The molecule has 2 N–H and O–H groups in total. The van der Waals surface area contributed by atoms with Crippen LogP contribution in [0.5, 0.6) is 5.75 Å². The molecule has 5 nitrogen and oxygen atoms in total. The maximum Gasteiger partial charge on any atom is 0.252 e. The number of carbonyl (C=O) groups excluding carboxylic acids is 2. The van der Waals surface area contributed by atoms with Crippen molar-refractivity contribution in [3.8, 4) is 5.75 Å². The Morgan fingerprint density at radius 2 is 1.60 bits per heavy atom. The summed E-state index contributed by atoms with van der Waals surface area (Å²) in [6.07, 6.45) is 2.02. The Morgan fingerprint density at radius 1 is 0.933 bits per heavy atom. The maximum absolute atomic E-state index is 13.0. The first-order valence-electron chi connectivity index (χ1n) is 9.51. The minimum Gasteiger partial charge on any atom is -0.497 e. The molecule has 1 atom stereocenters. The van der Waals surface area contributed by atoms with Crippen LogP contribution in [0, 0.1) is 0 Å². The van der Waals surface area contributed by atoms with E-state index in [9.17, 15) is 9.59 Å². The Bertz CT molecular complexity index is 974. The number of benzene rings is 3. The van der Waals surface area contributed by atoms with Crippen molar-refractivity contribution in [2.45, 2.75) is 17.5 Å². The highest BCUT2D eigenvalue weighted by Gasteiger charge is 2.23. The van der Waals surface area contributed by atoms with Crippen molar-refractivity contribution in [2.24, 2.45) is 0 Å². The number of hydrogen-bond donors (Lipinski definition) is 2. The van der Waals surface area contributed by atoms with E-state index in [-0.39, 0.29) is 11.8 Å². The third kappa shape index (κ3) is 5.64. The first-order chi connectivity index (χ1) is 14.6. The van der Waals surface area contributed by atoms with Gasteiger partial charge in [-0.15, -0.1) is 11.8 Å². The van der Waals surface area contributed by atoms with Crippen molar-refractivity contribution in [1.29, 1.82) is 0 Å². The Kier molecular flexibility index (Phi) is 7.51. The molecule has 0 aromatic heterocycles. The summed E-state index contributed by atoms with van der Waals surface area (Å²) in [4.78, 5) is 26.9. The van der Waals surface area contributed by atoms with Gasteiger partial charge in [-0.3, -0.25) is 9.59 Å². The van der Waals surface area contributed by atoms with Gasteiger partial charge >= 0.3 is 0 Å². The van der Waals surface area contributed by atoms with Gasteiger partial charge in [0.25, 0.3) is 5.91 Å². The van der Waals surface area contributed by atoms with E-state index in [1.54, 1.807) is 43.1 Å². The van der Waals surface area contributed by atoms with Crippen molar-refractivity contribution in [1.82, 2.24) is 10.6 Å². The van der Waals surface area contributed by atoms with Crippen LogP contribution in [-0.4, -0.2) is 25.2 Å². The number of thioether (sulfide) groups is 1. The molecule has 0 radical (unpaired) electrons. The van der Waals surface area contributed by atoms with E-state index in [4.69, 9.17) is 4.74 Å². The Labute approximate surface area is 180 Å². The summed E-state index contributed by atoms with van der Waals surface area (Å²) in [6, 6.07) is 23.2. The minimum absolute atomic E-state index is 0.267. The van der Waals surface area contributed by atoms with Gasteiger partial charge in [-0.25, -0.2) is 0 Å². The van der Waals surface area contributed by atoms with E-state index in [0.717, 1.165) is 11.1 Å². The van der Waals surface area contributed by atoms with Gasteiger partial charge < -0.3 is 15.4 Å². The molecule has 1 unspecified atom stereocenters. The van der Waals surface area contributed by atoms with Gasteiger partial charge in [0, 0.05) is 17.0 Å². The second-order valence-corrected chi connectivity index (χ2v) is 7.49. The molecule has 6 heteroatoms. The number of carbonyl (C=O) groups is 2. The third-order valence-corrected chi connectivity index (χ3v) is 5.39. The molecule has 3 aromatic carbocycles. The molecule has 0 bridgehead atoms. The highest BCUT2D eigenvalue weighted by atomic mass is 32.2. The average Bonchev–Trinajstić information content (AvgIpc) is 2.81. The minimum atomic E-state index is -0.800. The van der Waals surface area contributed by atoms with E-state index >= 15 is 0 Å². The number of nitrogens with one attached hydrogen (secondary N) is 2. The largest absolute Gasteiger partial charge is 0.497 e. The molecule has 154 valence electrons. The summed E-state index contributed by atoms with van der Waals surface area (Å²) in [5.74, 6) is 0.0689. The zero-order valence-electron chi connectivity index (χ0n) is 16.9. The Hall–Kier alpha value is -3.25. The normalized spacial score (nSPS) is 11.4. The fraction of sp³-hybridized carbons (Fsp3) is 0.167. The summed E-state index contributed by atoms with van der Waals surface area (Å²) < 4.78 is 5.13. The molecule has 0 fully saturated rings. The average molecular weight is 421 g/mol. The molecule has 3 aromatic rings. The number of rotatable bonds is 8. The molecular formula is C24H24N2O3S. The van der Waals surface area contributed by atoms with Crippen LogP contribution < -0.4 is 15.4 Å². The van der Waals surface area contributed by atoms with Gasteiger partial charge in [-0.1, -0.05) is 42.5 Å². The van der Waals surface area contributed by atoms with Gasteiger partial charge in [0.1, 0.15) is 11.8 Å². The lowest BCUT2D eigenvalue weighted by Crippen LogP contribution is -2.40. The van der Waals surface area contributed by atoms with Crippen LogP contribution >= 0.6 is 11.8 Å². The second kappa shape index (κ2) is 10.5. The van der Waals surface area contributed by atoms with Gasteiger partial charge in [0.15, 0.2) is 0 Å². The number of amides is 2. The van der Waals surface area contributed by atoms with Crippen molar-refractivity contribution in [3.05, 3.63) is 95.6 Å². The molecule has 0 aliphatic carbocycles. The molecule has 30 heavy (non-hydrogen) atoms. The van der Waals surface area contributed by atoms with Crippen LogP contribution in [0.4, 0.5) is 0 Å². The van der Waals surface area contributed by atoms with E-state index < -0.39 is 6.04 Å². The van der Waals surface area contributed by atoms with E-state index in [1.807, 2.05) is 60.9 Å². The Morgan fingerprint density at radius 3 is 2.20 bits per heavy atom. The zero-order valence-corrected chi connectivity index (χ0v) is 17.7. The summed E-state index contributed by atoms with van der Waals surface area (Å²) in [5, 5.41) is 5.78. The smallest absolute Gasteiger partial charge is 0.252 e. The predicted molar refractivity (Wildman–Crippen MR) is 120 cm³/mol. The maximum atomic E-state index is 13.0. The standard InChI is InChI=1S/C24H24N2O3S/c1-29-20-12-10-19(11-13-20)23(27)26-22(18-6-4-3-5-7-18)24(28)25-16-17-8-14-21(30-2)15-9-17/h3-15,22H,16H2,1-2H3,(H,25,28)(H,26,27). The van der Waals surface area contributed by atoms with Crippen molar-refractivity contribution in [3.63, 3.8) is 0 Å². The molecule has 0 heterocycles. The van der Waals surface area contributed by atoms with Crippen LogP contribution in [0.1, 0.15) is 27.5 Å². The van der Waals surface area contributed by atoms with E-state index in [0.29, 0.717) is 17.9 Å². The van der Waals surface area contributed by atoms with E-state index in [1.165, 1.54) is 4.90 Å². The molecule has 0 aliphatic heterocycles. The quantitative estimate of drug-likeness (QED) is 0.536. The summed E-state index contributed by atoms with van der Waals surface area (Å²) >= 11 is 1.67. The van der Waals surface area contributed by atoms with Crippen LogP contribution in [-0.2, 0) is 11.3 Å². The molecule has 0 spiro atoms. The molecule has 2 amide bonds. The molecule has 3 rings (SSSR count). The lowest BCUT2D eigenvalue weighted by Gasteiger charge is -2.19. The van der Waals surface area contributed by atoms with Crippen molar-refractivity contribution < 1.29 is 14.3 Å². The fourth-order valence-electron chi connectivity index (χ4n) is 2.94. The van der Waals surface area contributed by atoms with Crippen molar-refractivity contribution >= 4 is 23.6 Å². The SMILES string of the molecule is COc1ccc(C(=O)NC(C(=O)NCc2ccc(SC)cc2)c2ccccc2)cc1. The number of ether oxygens (including phenoxy) is 1. The molecular weight excluding hydrogens is 396 g/mol. The molecule has 0 saturated carbocycles. The third-order valence-electron chi connectivity index (χ3n) is 4.65. The highest BCUT2D eigenvalue weighted by Crippen LogP contribution is 2.17. The lowest BCUT2D eigenvalue weighted by molar-refractivity contribution is -0.123. The van der Waals surface area contributed by atoms with Crippen LogP contribution in [0.2, 0.25) is 0 Å². The zero-order chi connectivity index (χ0) is 21.3. The number of hydrogen-bond acceptors (Lipinski definition) is 4. The Balaban J connectivity index is 1.72. The lowest BCUT2D eigenvalue weighted by atomic mass is 10.0. The first-order valence-corrected chi connectivity index (χ1v) is 10.7. The fourth-order valence-corrected chi connectivity index (χ4v) is 3.35. The van der Waals surface area contributed by atoms with Crippen molar-refractivity contribution in [2.75, 3.05) is 13.4 Å². The van der Waals surface area contributed by atoms with E-state index in [2.05, 4.69) is 10.6 Å².